The van der Waals surface area contributed by atoms with Crippen molar-refractivity contribution in [3.8, 4) is 11.4 Å². The minimum absolute atomic E-state index is 0.00946. The van der Waals surface area contributed by atoms with Gasteiger partial charge in [0.1, 0.15) is 5.82 Å². The first-order valence-corrected chi connectivity index (χ1v) is 8.11. The lowest BCUT2D eigenvalue weighted by Gasteiger charge is -2.27. The van der Waals surface area contributed by atoms with Gasteiger partial charge in [-0.25, -0.2) is 4.98 Å². The molecule has 2 aromatic heterocycles. The fraction of sp³-hybridized carbons (Fsp3) is 0.500. The molecular formula is C16H21N5O2. The average molecular weight is 315 g/mol. The van der Waals surface area contributed by atoms with Gasteiger partial charge in [-0.3, -0.25) is 4.79 Å². The van der Waals surface area contributed by atoms with Crippen LogP contribution in [0.15, 0.2) is 22.9 Å². The zero-order valence-electron chi connectivity index (χ0n) is 13.3. The van der Waals surface area contributed by atoms with Crippen molar-refractivity contribution in [2.24, 2.45) is 0 Å². The Morgan fingerprint density at radius 1 is 1.35 bits per heavy atom. The molecule has 1 saturated heterocycles. The number of rotatable bonds is 5. The summed E-state index contributed by atoms with van der Waals surface area (Å²) in [6, 6.07) is 3.77. The second kappa shape index (κ2) is 7.21. The van der Waals surface area contributed by atoms with Crippen LogP contribution < -0.4 is 10.2 Å². The molecule has 0 bridgehead atoms. The van der Waals surface area contributed by atoms with E-state index < -0.39 is 0 Å². The largest absolute Gasteiger partial charge is 0.357 e. The van der Waals surface area contributed by atoms with Crippen molar-refractivity contribution in [3.05, 3.63) is 24.2 Å². The van der Waals surface area contributed by atoms with Gasteiger partial charge in [0.05, 0.1) is 0 Å². The van der Waals surface area contributed by atoms with Gasteiger partial charge in [-0.15, -0.1) is 0 Å². The van der Waals surface area contributed by atoms with Crippen molar-refractivity contribution in [3.63, 3.8) is 0 Å². The third kappa shape index (κ3) is 3.67. The monoisotopic (exact) mass is 315 g/mol. The molecule has 23 heavy (non-hydrogen) atoms. The molecule has 0 unspecified atom stereocenters. The quantitative estimate of drug-likeness (QED) is 0.911. The molecule has 7 heteroatoms. The zero-order chi connectivity index (χ0) is 16.1. The Morgan fingerprint density at radius 2 is 2.17 bits per heavy atom. The number of hydrogen-bond donors (Lipinski definition) is 1. The number of pyridine rings is 1. The maximum atomic E-state index is 11.8. The Hall–Kier alpha value is -2.44. The number of amides is 1. The summed E-state index contributed by atoms with van der Waals surface area (Å²) in [6.07, 6.45) is 6.26. The van der Waals surface area contributed by atoms with Gasteiger partial charge in [0, 0.05) is 31.4 Å². The van der Waals surface area contributed by atoms with E-state index in [4.69, 9.17) is 4.52 Å². The molecule has 7 nitrogen and oxygen atoms in total. The number of anilines is 1. The highest BCUT2D eigenvalue weighted by Crippen LogP contribution is 2.23. The number of piperidine rings is 1. The lowest BCUT2D eigenvalue weighted by Crippen LogP contribution is -2.30. The van der Waals surface area contributed by atoms with Crippen LogP contribution in [0.5, 0.6) is 0 Å². The third-order valence-corrected chi connectivity index (χ3v) is 3.84. The van der Waals surface area contributed by atoms with Crippen LogP contribution in [-0.2, 0) is 0 Å². The number of nitrogens with zero attached hydrogens (tertiary/aromatic N) is 4. The van der Waals surface area contributed by atoms with Crippen molar-refractivity contribution >= 4 is 11.7 Å². The van der Waals surface area contributed by atoms with Gasteiger partial charge in [0.25, 0.3) is 0 Å². The van der Waals surface area contributed by atoms with E-state index in [-0.39, 0.29) is 11.8 Å². The second-order valence-electron chi connectivity index (χ2n) is 5.63. The standard InChI is InChI=1S/C16H21N5O2/c1-2-7-18-15(22)16-19-14(20-23-16)12-6-8-17-13(11-12)21-9-4-3-5-10-21/h6,8,11H,2-5,7,9-10H2,1H3,(H,18,22). The van der Waals surface area contributed by atoms with Gasteiger partial charge in [-0.2, -0.15) is 4.98 Å². The minimum Gasteiger partial charge on any atom is -0.357 e. The summed E-state index contributed by atoms with van der Waals surface area (Å²) in [5.74, 6) is 0.983. The fourth-order valence-corrected chi connectivity index (χ4v) is 2.60. The molecule has 0 atom stereocenters. The minimum atomic E-state index is -0.337. The van der Waals surface area contributed by atoms with Crippen molar-refractivity contribution in [1.29, 1.82) is 0 Å². The van der Waals surface area contributed by atoms with Gasteiger partial charge < -0.3 is 14.7 Å². The van der Waals surface area contributed by atoms with E-state index in [1.54, 1.807) is 6.20 Å². The van der Waals surface area contributed by atoms with E-state index in [0.717, 1.165) is 30.9 Å². The van der Waals surface area contributed by atoms with Crippen molar-refractivity contribution in [2.75, 3.05) is 24.5 Å². The molecule has 1 amide bonds. The molecule has 1 aliphatic heterocycles. The highest BCUT2D eigenvalue weighted by atomic mass is 16.5. The van der Waals surface area contributed by atoms with Crippen LogP contribution in [0.4, 0.5) is 5.82 Å². The summed E-state index contributed by atoms with van der Waals surface area (Å²) >= 11 is 0. The Morgan fingerprint density at radius 3 is 2.96 bits per heavy atom. The first-order chi connectivity index (χ1) is 11.3. The smallest absolute Gasteiger partial charge is 0.316 e. The normalized spacial score (nSPS) is 14.7. The molecule has 1 N–H and O–H groups in total. The van der Waals surface area contributed by atoms with E-state index in [1.165, 1.54) is 19.3 Å². The molecule has 0 radical (unpaired) electrons. The van der Waals surface area contributed by atoms with Gasteiger partial charge in [0.2, 0.25) is 5.82 Å². The number of hydrogen-bond acceptors (Lipinski definition) is 6. The molecule has 0 aliphatic carbocycles. The maximum Gasteiger partial charge on any atom is 0.316 e. The van der Waals surface area contributed by atoms with Crippen LogP contribution in [0.3, 0.4) is 0 Å². The first-order valence-electron chi connectivity index (χ1n) is 8.11. The summed E-state index contributed by atoms with van der Waals surface area (Å²) in [6.45, 7) is 4.62. The molecule has 2 aromatic rings. The maximum absolute atomic E-state index is 11.8. The van der Waals surface area contributed by atoms with E-state index in [1.807, 2.05) is 19.1 Å². The Balaban J connectivity index is 1.76. The molecule has 122 valence electrons. The number of carbonyl (C=O) groups excluding carboxylic acids is 1. The fourth-order valence-electron chi connectivity index (χ4n) is 2.60. The Kier molecular flexibility index (Phi) is 4.85. The van der Waals surface area contributed by atoms with Crippen molar-refractivity contribution in [2.45, 2.75) is 32.6 Å². The van der Waals surface area contributed by atoms with Crippen molar-refractivity contribution < 1.29 is 9.32 Å². The van der Waals surface area contributed by atoms with E-state index >= 15 is 0 Å². The van der Waals surface area contributed by atoms with E-state index in [9.17, 15) is 4.79 Å². The first kappa shape index (κ1) is 15.5. The zero-order valence-corrected chi connectivity index (χ0v) is 13.3. The number of carbonyl (C=O) groups is 1. The van der Waals surface area contributed by atoms with Gasteiger partial charge in [-0.1, -0.05) is 12.1 Å². The predicted molar refractivity (Wildman–Crippen MR) is 86.2 cm³/mol. The van der Waals surface area contributed by atoms with Crippen LogP contribution in [0.1, 0.15) is 43.3 Å². The highest BCUT2D eigenvalue weighted by molar-refractivity contribution is 5.89. The molecule has 1 fully saturated rings. The Labute approximate surface area is 135 Å². The molecular weight excluding hydrogens is 294 g/mol. The molecule has 1 aliphatic rings. The summed E-state index contributed by atoms with van der Waals surface area (Å²) < 4.78 is 5.06. The van der Waals surface area contributed by atoms with Gasteiger partial charge in [-0.05, 0) is 37.8 Å². The predicted octanol–water partition coefficient (Wildman–Crippen LogP) is 2.26. The van der Waals surface area contributed by atoms with Crippen LogP contribution in [0.25, 0.3) is 11.4 Å². The molecule has 3 heterocycles. The molecule has 0 aromatic carbocycles. The molecule has 3 rings (SSSR count). The topological polar surface area (TPSA) is 84.2 Å². The number of nitrogens with one attached hydrogen (secondary N) is 1. The lowest BCUT2D eigenvalue weighted by atomic mass is 10.1. The van der Waals surface area contributed by atoms with Gasteiger partial charge in [0.15, 0.2) is 0 Å². The van der Waals surface area contributed by atoms with Gasteiger partial charge >= 0.3 is 11.8 Å². The average Bonchev–Trinajstić information content (AvgIpc) is 3.11. The summed E-state index contributed by atoms with van der Waals surface area (Å²) in [5, 5.41) is 6.63. The molecule has 0 saturated carbocycles. The van der Waals surface area contributed by atoms with Crippen LogP contribution >= 0.6 is 0 Å². The van der Waals surface area contributed by atoms with Crippen molar-refractivity contribution in [1.82, 2.24) is 20.4 Å². The highest BCUT2D eigenvalue weighted by Gasteiger charge is 2.17. The third-order valence-electron chi connectivity index (χ3n) is 3.84. The van der Waals surface area contributed by atoms with Crippen LogP contribution in [-0.4, -0.2) is 40.7 Å². The summed E-state index contributed by atoms with van der Waals surface area (Å²) in [5.41, 5.74) is 0.805. The number of aromatic nitrogens is 3. The summed E-state index contributed by atoms with van der Waals surface area (Å²) in [7, 11) is 0. The molecule has 0 spiro atoms. The lowest BCUT2D eigenvalue weighted by molar-refractivity contribution is 0.0910. The van der Waals surface area contributed by atoms with Crippen LogP contribution in [0.2, 0.25) is 0 Å². The second-order valence-corrected chi connectivity index (χ2v) is 5.63. The van der Waals surface area contributed by atoms with E-state index in [2.05, 4.69) is 25.3 Å². The summed E-state index contributed by atoms with van der Waals surface area (Å²) in [4.78, 5) is 22.7. The van der Waals surface area contributed by atoms with E-state index in [0.29, 0.717) is 12.4 Å². The SMILES string of the molecule is CCCNC(=O)c1nc(-c2ccnc(N3CCCCC3)c2)no1. The van der Waals surface area contributed by atoms with Crippen LogP contribution in [0, 0.1) is 0 Å². The Bertz CT molecular complexity index is 664.